The summed E-state index contributed by atoms with van der Waals surface area (Å²) in [5.74, 6) is 0.849. The van der Waals surface area contributed by atoms with Crippen LogP contribution in [0.25, 0.3) is 10.8 Å². The number of benzene rings is 1. The molecule has 1 saturated heterocycles. The summed E-state index contributed by atoms with van der Waals surface area (Å²) in [5, 5.41) is 5.18. The van der Waals surface area contributed by atoms with Crippen molar-refractivity contribution in [2.75, 3.05) is 31.7 Å². The molecule has 1 amide bonds. The highest BCUT2D eigenvalue weighted by Gasteiger charge is 2.23. The smallest absolute Gasteiger partial charge is 0.228 e. The first-order chi connectivity index (χ1) is 10.7. The van der Waals surface area contributed by atoms with Gasteiger partial charge in [0, 0.05) is 22.4 Å². The van der Waals surface area contributed by atoms with E-state index in [1.807, 2.05) is 12.3 Å². The van der Waals surface area contributed by atoms with Gasteiger partial charge in [0.2, 0.25) is 5.91 Å². The maximum absolute atomic E-state index is 12.4. The number of amides is 1. The standard InChI is InChI=1S/C17H21N3OS/c1-20-7-5-12(6-8-20)17(21)19-16-10-14-9-15(22-2)4-3-13(14)11-18-16/h3-4,9-12H,5-8H2,1-2H3,(H,18,19,21). The Morgan fingerprint density at radius 3 is 2.77 bits per heavy atom. The van der Waals surface area contributed by atoms with Gasteiger partial charge < -0.3 is 10.2 Å². The van der Waals surface area contributed by atoms with Gasteiger partial charge in [0.05, 0.1) is 0 Å². The van der Waals surface area contributed by atoms with Crippen molar-refractivity contribution >= 4 is 34.3 Å². The number of nitrogens with one attached hydrogen (secondary N) is 1. The zero-order chi connectivity index (χ0) is 15.5. The van der Waals surface area contributed by atoms with E-state index in [4.69, 9.17) is 0 Å². The molecule has 0 radical (unpaired) electrons. The molecular formula is C17H21N3OS. The Balaban J connectivity index is 1.74. The maximum Gasteiger partial charge on any atom is 0.228 e. The highest BCUT2D eigenvalue weighted by atomic mass is 32.2. The topological polar surface area (TPSA) is 45.2 Å². The van der Waals surface area contributed by atoms with Crippen LogP contribution in [-0.2, 0) is 4.79 Å². The molecule has 0 saturated carbocycles. The molecule has 0 aliphatic carbocycles. The van der Waals surface area contributed by atoms with Crippen molar-refractivity contribution in [3.8, 4) is 0 Å². The Morgan fingerprint density at radius 1 is 1.27 bits per heavy atom. The molecule has 2 heterocycles. The summed E-state index contributed by atoms with van der Waals surface area (Å²) in [6.07, 6.45) is 5.73. The number of fused-ring (bicyclic) bond motifs is 1. The Labute approximate surface area is 135 Å². The number of nitrogens with zero attached hydrogens (tertiary/aromatic N) is 2. The van der Waals surface area contributed by atoms with Gasteiger partial charge >= 0.3 is 0 Å². The Hall–Kier alpha value is -1.59. The first kappa shape index (κ1) is 15.3. The van der Waals surface area contributed by atoms with Crippen molar-refractivity contribution in [2.45, 2.75) is 17.7 Å². The summed E-state index contributed by atoms with van der Waals surface area (Å²) in [6, 6.07) is 8.25. The summed E-state index contributed by atoms with van der Waals surface area (Å²) in [6.45, 7) is 1.97. The van der Waals surface area contributed by atoms with E-state index in [2.05, 4.69) is 46.7 Å². The van der Waals surface area contributed by atoms with Crippen LogP contribution in [0.4, 0.5) is 5.82 Å². The zero-order valence-corrected chi connectivity index (χ0v) is 13.8. The third kappa shape index (κ3) is 3.42. The second-order valence-electron chi connectivity index (χ2n) is 5.85. The first-order valence-corrected chi connectivity index (χ1v) is 8.81. The van der Waals surface area contributed by atoms with E-state index in [9.17, 15) is 4.79 Å². The lowest BCUT2D eigenvalue weighted by atomic mass is 9.96. The van der Waals surface area contributed by atoms with E-state index in [1.165, 1.54) is 4.90 Å². The molecule has 3 rings (SSSR count). The molecule has 1 aromatic carbocycles. The molecule has 22 heavy (non-hydrogen) atoms. The number of hydrogen-bond donors (Lipinski definition) is 1. The van der Waals surface area contributed by atoms with Gasteiger partial charge in [-0.15, -0.1) is 11.8 Å². The maximum atomic E-state index is 12.4. The number of carbonyl (C=O) groups is 1. The lowest BCUT2D eigenvalue weighted by Gasteiger charge is -2.27. The number of aromatic nitrogens is 1. The summed E-state index contributed by atoms with van der Waals surface area (Å²) in [5.41, 5.74) is 0. The molecule has 1 fully saturated rings. The van der Waals surface area contributed by atoms with Crippen LogP contribution in [0.5, 0.6) is 0 Å². The Morgan fingerprint density at radius 2 is 2.05 bits per heavy atom. The second kappa shape index (κ2) is 6.67. The fourth-order valence-electron chi connectivity index (χ4n) is 2.81. The highest BCUT2D eigenvalue weighted by Crippen LogP contribution is 2.24. The minimum Gasteiger partial charge on any atom is -0.310 e. The molecule has 0 unspecified atom stereocenters. The third-order valence-electron chi connectivity index (χ3n) is 4.27. The molecule has 0 spiro atoms. The SMILES string of the molecule is CSc1ccc2cnc(NC(=O)C3CCN(C)CC3)cc2c1. The van der Waals surface area contributed by atoms with Crippen LogP contribution in [0, 0.1) is 5.92 Å². The van der Waals surface area contributed by atoms with Crippen LogP contribution in [-0.4, -0.2) is 42.2 Å². The molecule has 5 heteroatoms. The van der Waals surface area contributed by atoms with E-state index in [0.717, 1.165) is 36.7 Å². The van der Waals surface area contributed by atoms with E-state index in [0.29, 0.717) is 5.82 Å². The van der Waals surface area contributed by atoms with Crippen molar-refractivity contribution in [3.63, 3.8) is 0 Å². The highest BCUT2D eigenvalue weighted by molar-refractivity contribution is 7.98. The summed E-state index contributed by atoms with van der Waals surface area (Å²) < 4.78 is 0. The summed E-state index contributed by atoms with van der Waals surface area (Å²) in [4.78, 5) is 20.2. The molecule has 0 atom stereocenters. The van der Waals surface area contributed by atoms with Crippen molar-refractivity contribution in [2.24, 2.45) is 5.92 Å². The van der Waals surface area contributed by atoms with Gasteiger partial charge in [0.25, 0.3) is 0 Å². The molecule has 4 nitrogen and oxygen atoms in total. The van der Waals surface area contributed by atoms with Crippen molar-refractivity contribution in [1.82, 2.24) is 9.88 Å². The van der Waals surface area contributed by atoms with Crippen LogP contribution in [0.2, 0.25) is 0 Å². The zero-order valence-electron chi connectivity index (χ0n) is 13.0. The van der Waals surface area contributed by atoms with Gasteiger partial charge in [-0.3, -0.25) is 4.79 Å². The van der Waals surface area contributed by atoms with Crippen LogP contribution >= 0.6 is 11.8 Å². The number of piperidine rings is 1. The van der Waals surface area contributed by atoms with Gasteiger partial charge in [0.15, 0.2) is 0 Å². The minimum absolute atomic E-state index is 0.0981. The normalized spacial score (nSPS) is 16.8. The number of thioether (sulfide) groups is 1. The Kier molecular flexibility index (Phi) is 4.64. The number of anilines is 1. The Bertz CT molecular complexity index is 681. The average molecular weight is 315 g/mol. The van der Waals surface area contributed by atoms with Gasteiger partial charge in [-0.05, 0) is 62.8 Å². The van der Waals surface area contributed by atoms with Crippen LogP contribution in [0.3, 0.4) is 0 Å². The van der Waals surface area contributed by atoms with Crippen molar-refractivity contribution in [3.05, 3.63) is 30.5 Å². The third-order valence-corrected chi connectivity index (χ3v) is 4.99. The van der Waals surface area contributed by atoms with Gasteiger partial charge in [-0.25, -0.2) is 4.98 Å². The predicted molar refractivity (Wildman–Crippen MR) is 92.4 cm³/mol. The quantitative estimate of drug-likeness (QED) is 0.883. The van der Waals surface area contributed by atoms with Gasteiger partial charge in [0.1, 0.15) is 5.82 Å². The van der Waals surface area contributed by atoms with Crippen LogP contribution in [0.15, 0.2) is 35.4 Å². The van der Waals surface area contributed by atoms with E-state index >= 15 is 0 Å². The first-order valence-electron chi connectivity index (χ1n) is 7.59. The largest absolute Gasteiger partial charge is 0.310 e. The molecule has 2 aromatic rings. The van der Waals surface area contributed by atoms with E-state index < -0.39 is 0 Å². The summed E-state index contributed by atoms with van der Waals surface area (Å²) >= 11 is 1.71. The molecule has 0 bridgehead atoms. The number of rotatable bonds is 3. The minimum atomic E-state index is 0.0981. The van der Waals surface area contributed by atoms with Gasteiger partial charge in [-0.1, -0.05) is 6.07 Å². The molecule has 1 aromatic heterocycles. The van der Waals surface area contributed by atoms with E-state index in [1.54, 1.807) is 11.8 Å². The lowest BCUT2D eigenvalue weighted by Crippen LogP contribution is -2.36. The monoisotopic (exact) mass is 315 g/mol. The molecule has 1 N–H and O–H groups in total. The van der Waals surface area contributed by atoms with Gasteiger partial charge in [-0.2, -0.15) is 0 Å². The van der Waals surface area contributed by atoms with Crippen molar-refractivity contribution in [1.29, 1.82) is 0 Å². The molecule has 116 valence electrons. The van der Waals surface area contributed by atoms with E-state index in [-0.39, 0.29) is 11.8 Å². The number of hydrogen-bond acceptors (Lipinski definition) is 4. The van der Waals surface area contributed by atoms with Crippen LogP contribution < -0.4 is 5.32 Å². The fourth-order valence-corrected chi connectivity index (χ4v) is 3.26. The fraction of sp³-hybridized carbons (Fsp3) is 0.412. The lowest BCUT2D eigenvalue weighted by molar-refractivity contribution is -0.121. The predicted octanol–water partition coefficient (Wildman–Crippen LogP) is 3.24. The number of carbonyl (C=O) groups excluding carboxylic acids is 1. The molecule has 1 aliphatic rings. The van der Waals surface area contributed by atoms with Crippen LogP contribution in [0.1, 0.15) is 12.8 Å². The summed E-state index contributed by atoms with van der Waals surface area (Å²) in [7, 11) is 2.10. The number of pyridine rings is 1. The number of likely N-dealkylation sites (tertiary alicyclic amines) is 1. The second-order valence-corrected chi connectivity index (χ2v) is 6.73. The average Bonchev–Trinajstić information content (AvgIpc) is 2.54. The molecule has 1 aliphatic heterocycles. The molecular weight excluding hydrogens is 294 g/mol. The van der Waals surface area contributed by atoms with Crippen molar-refractivity contribution < 1.29 is 4.79 Å².